The topological polar surface area (TPSA) is 95.1 Å². The second kappa shape index (κ2) is 9.65. The molecule has 2 aliphatic rings. The number of rotatable bonds is 8. The van der Waals surface area contributed by atoms with Gasteiger partial charge in [-0.1, -0.05) is 19.6 Å². The number of benzene rings is 1. The average Bonchev–Trinajstić information content (AvgIpc) is 3.23. The molecule has 2 heterocycles. The Kier molecular flexibility index (Phi) is 6.98. The van der Waals surface area contributed by atoms with E-state index >= 15 is 0 Å². The lowest BCUT2D eigenvalue weighted by atomic mass is 9.89. The predicted octanol–water partition coefficient (Wildman–Crippen LogP) is 2.69. The van der Waals surface area contributed by atoms with Crippen LogP contribution >= 0.6 is 0 Å². The van der Waals surface area contributed by atoms with Gasteiger partial charge in [-0.3, -0.25) is 4.79 Å². The highest BCUT2D eigenvalue weighted by Gasteiger charge is 2.39. The van der Waals surface area contributed by atoms with Gasteiger partial charge in [0.25, 0.3) is 0 Å². The SMILES string of the molecule is C=C1NC(=O)N[C@H](c2ccc(OCCC)c(OC)c2)[C@H]1C(=O)OC[C@H]1CCCO1. The van der Waals surface area contributed by atoms with E-state index < -0.39 is 24.0 Å². The molecule has 2 saturated heterocycles. The van der Waals surface area contributed by atoms with Crippen LogP contribution in [0.3, 0.4) is 0 Å². The normalized spacial score (nSPS) is 23.9. The van der Waals surface area contributed by atoms with E-state index in [0.29, 0.717) is 36.0 Å². The van der Waals surface area contributed by atoms with Crippen molar-refractivity contribution in [3.8, 4) is 11.5 Å². The van der Waals surface area contributed by atoms with Crippen LogP contribution in [0.25, 0.3) is 0 Å². The number of urea groups is 1. The molecule has 8 heteroatoms. The molecule has 3 rings (SSSR count). The van der Waals surface area contributed by atoms with Crippen molar-refractivity contribution in [2.24, 2.45) is 5.92 Å². The van der Waals surface area contributed by atoms with E-state index in [9.17, 15) is 9.59 Å². The smallest absolute Gasteiger partial charge is 0.319 e. The molecule has 0 radical (unpaired) electrons. The average molecular weight is 404 g/mol. The van der Waals surface area contributed by atoms with Gasteiger partial charge < -0.3 is 29.6 Å². The number of methoxy groups -OCH3 is 1. The van der Waals surface area contributed by atoms with Crippen LogP contribution in [0.2, 0.25) is 0 Å². The van der Waals surface area contributed by atoms with Crippen LogP contribution < -0.4 is 20.1 Å². The molecule has 1 aromatic rings. The fourth-order valence-electron chi connectivity index (χ4n) is 3.49. The number of nitrogens with one attached hydrogen (secondary N) is 2. The highest BCUT2D eigenvalue weighted by molar-refractivity contribution is 5.85. The van der Waals surface area contributed by atoms with Crippen molar-refractivity contribution in [1.82, 2.24) is 10.6 Å². The lowest BCUT2D eigenvalue weighted by Gasteiger charge is -2.33. The number of esters is 1. The lowest BCUT2D eigenvalue weighted by molar-refractivity contribution is -0.151. The number of hydrogen-bond donors (Lipinski definition) is 2. The third kappa shape index (κ3) is 5.00. The molecule has 2 amide bonds. The zero-order valence-corrected chi connectivity index (χ0v) is 16.9. The summed E-state index contributed by atoms with van der Waals surface area (Å²) < 4.78 is 22.1. The van der Waals surface area contributed by atoms with Crippen molar-refractivity contribution < 1.29 is 28.5 Å². The molecule has 0 bridgehead atoms. The van der Waals surface area contributed by atoms with Crippen molar-refractivity contribution >= 4 is 12.0 Å². The monoisotopic (exact) mass is 404 g/mol. The predicted molar refractivity (Wildman–Crippen MR) is 106 cm³/mol. The number of carbonyl (C=O) groups is 2. The van der Waals surface area contributed by atoms with Gasteiger partial charge >= 0.3 is 12.0 Å². The van der Waals surface area contributed by atoms with Crippen LogP contribution in [0.5, 0.6) is 11.5 Å². The van der Waals surface area contributed by atoms with Gasteiger partial charge in [-0.2, -0.15) is 0 Å². The van der Waals surface area contributed by atoms with Gasteiger partial charge in [-0.05, 0) is 37.0 Å². The summed E-state index contributed by atoms with van der Waals surface area (Å²) in [5.41, 5.74) is 0.988. The van der Waals surface area contributed by atoms with E-state index in [1.165, 1.54) is 0 Å². The fourth-order valence-corrected chi connectivity index (χ4v) is 3.49. The first kappa shape index (κ1) is 21.0. The molecule has 1 aromatic carbocycles. The zero-order chi connectivity index (χ0) is 20.8. The summed E-state index contributed by atoms with van der Waals surface area (Å²) >= 11 is 0. The molecule has 0 unspecified atom stereocenters. The van der Waals surface area contributed by atoms with Crippen molar-refractivity contribution in [3.63, 3.8) is 0 Å². The Labute approximate surface area is 170 Å². The van der Waals surface area contributed by atoms with Crippen LogP contribution in [0.4, 0.5) is 4.79 Å². The largest absolute Gasteiger partial charge is 0.493 e. The van der Waals surface area contributed by atoms with E-state index in [-0.39, 0.29) is 12.7 Å². The van der Waals surface area contributed by atoms with Crippen LogP contribution in [0, 0.1) is 5.92 Å². The maximum absolute atomic E-state index is 12.8. The van der Waals surface area contributed by atoms with Crippen molar-refractivity contribution in [2.45, 2.75) is 38.3 Å². The summed E-state index contributed by atoms with van der Waals surface area (Å²) in [6.07, 6.45) is 2.62. The summed E-state index contributed by atoms with van der Waals surface area (Å²) in [6, 6.07) is 4.28. The molecular formula is C21H28N2O6. The van der Waals surface area contributed by atoms with Crippen LogP contribution in [0.1, 0.15) is 37.8 Å². The number of ether oxygens (including phenoxy) is 4. The second-order valence-corrected chi connectivity index (χ2v) is 7.10. The molecule has 2 aliphatic heterocycles. The Morgan fingerprint density at radius 1 is 1.34 bits per heavy atom. The summed E-state index contributed by atoms with van der Waals surface area (Å²) in [6.45, 7) is 7.32. The first-order chi connectivity index (χ1) is 14.0. The van der Waals surface area contributed by atoms with E-state index in [0.717, 1.165) is 19.3 Å². The zero-order valence-electron chi connectivity index (χ0n) is 16.9. The maximum Gasteiger partial charge on any atom is 0.319 e. The first-order valence-electron chi connectivity index (χ1n) is 9.88. The van der Waals surface area contributed by atoms with E-state index in [1.807, 2.05) is 6.92 Å². The molecule has 0 spiro atoms. The maximum atomic E-state index is 12.8. The molecule has 2 N–H and O–H groups in total. The fraction of sp³-hybridized carbons (Fsp3) is 0.524. The summed E-state index contributed by atoms with van der Waals surface area (Å²) in [4.78, 5) is 24.9. The van der Waals surface area contributed by atoms with Crippen LogP contribution in [-0.2, 0) is 14.3 Å². The minimum atomic E-state index is -0.777. The Morgan fingerprint density at radius 2 is 2.17 bits per heavy atom. The second-order valence-electron chi connectivity index (χ2n) is 7.10. The third-order valence-corrected chi connectivity index (χ3v) is 4.97. The minimum Gasteiger partial charge on any atom is -0.493 e. The molecule has 3 atom stereocenters. The summed E-state index contributed by atoms with van der Waals surface area (Å²) in [5.74, 6) is -0.106. The molecule has 158 valence electrons. The Morgan fingerprint density at radius 3 is 2.86 bits per heavy atom. The quantitative estimate of drug-likeness (QED) is 0.647. The van der Waals surface area contributed by atoms with Crippen LogP contribution in [0.15, 0.2) is 30.5 Å². The van der Waals surface area contributed by atoms with Gasteiger partial charge in [0.1, 0.15) is 12.5 Å². The van der Waals surface area contributed by atoms with E-state index in [2.05, 4.69) is 17.2 Å². The van der Waals surface area contributed by atoms with Crippen LogP contribution in [-0.4, -0.2) is 45.0 Å². The number of hydrogen-bond acceptors (Lipinski definition) is 6. The molecule has 8 nitrogen and oxygen atoms in total. The third-order valence-electron chi connectivity index (χ3n) is 4.97. The van der Waals surface area contributed by atoms with E-state index in [1.54, 1.807) is 25.3 Å². The lowest BCUT2D eigenvalue weighted by Crippen LogP contribution is -2.51. The highest BCUT2D eigenvalue weighted by atomic mass is 16.6. The van der Waals surface area contributed by atoms with Gasteiger partial charge in [0.05, 0.1) is 25.9 Å². The molecule has 29 heavy (non-hydrogen) atoms. The van der Waals surface area contributed by atoms with Crippen molar-refractivity contribution in [3.05, 3.63) is 36.0 Å². The minimum absolute atomic E-state index is 0.0769. The molecule has 0 saturated carbocycles. The Bertz CT molecular complexity index is 760. The summed E-state index contributed by atoms with van der Waals surface area (Å²) in [5, 5.41) is 5.37. The van der Waals surface area contributed by atoms with E-state index in [4.69, 9.17) is 18.9 Å². The standard InChI is InChI=1S/C21H28N2O6/c1-4-9-28-16-8-7-14(11-17(16)26-3)19-18(13(2)22-21(25)23-19)20(24)29-12-15-6-5-10-27-15/h7-8,11,15,18-19H,2,4-6,9-10,12H2,1,3H3,(H2,22,23,25)/t15-,18+,19-/m1/s1. The first-order valence-corrected chi connectivity index (χ1v) is 9.88. The Balaban J connectivity index is 1.80. The Hall–Kier alpha value is -2.74. The number of amides is 2. The molecule has 0 aliphatic carbocycles. The van der Waals surface area contributed by atoms with Gasteiger partial charge in [0, 0.05) is 12.3 Å². The highest BCUT2D eigenvalue weighted by Crippen LogP contribution is 2.36. The van der Waals surface area contributed by atoms with Gasteiger partial charge in [0.2, 0.25) is 0 Å². The number of carbonyl (C=O) groups excluding carboxylic acids is 2. The van der Waals surface area contributed by atoms with Gasteiger partial charge in [0.15, 0.2) is 11.5 Å². The molecule has 2 fully saturated rings. The molecular weight excluding hydrogens is 376 g/mol. The summed E-state index contributed by atoms with van der Waals surface area (Å²) in [7, 11) is 1.55. The molecule has 0 aromatic heterocycles. The van der Waals surface area contributed by atoms with Gasteiger partial charge in [-0.25, -0.2) is 4.79 Å². The van der Waals surface area contributed by atoms with Gasteiger partial charge in [-0.15, -0.1) is 0 Å². The van der Waals surface area contributed by atoms with Crippen molar-refractivity contribution in [2.75, 3.05) is 26.9 Å². The van der Waals surface area contributed by atoms with Crippen molar-refractivity contribution in [1.29, 1.82) is 0 Å².